The van der Waals surface area contributed by atoms with E-state index in [0.29, 0.717) is 0 Å². The second-order valence-corrected chi connectivity index (χ2v) is 6.16. The summed E-state index contributed by atoms with van der Waals surface area (Å²) in [6, 6.07) is 6.50. The van der Waals surface area contributed by atoms with E-state index < -0.39 is 0 Å². The van der Waals surface area contributed by atoms with Gasteiger partial charge in [-0.25, -0.2) is 0 Å². The van der Waals surface area contributed by atoms with Crippen molar-refractivity contribution in [3.05, 3.63) is 39.5 Å². The Bertz CT molecular complexity index is 481. The third-order valence-corrected chi connectivity index (χ3v) is 4.92. The van der Waals surface area contributed by atoms with Crippen molar-refractivity contribution in [3.8, 4) is 0 Å². The first kappa shape index (κ1) is 11.0. The molecule has 1 aromatic carbocycles. The van der Waals surface area contributed by atoms with Crippen LogP contribution in [0.5, 0.6) is 0 Å². The van der Waals surface area contributed by atoms with Crippen LogP contribution < -0.4 is 31.5 Å². The molecule has 3 nitrogen and oxygen atoms in total. The number of benzene rings is 1. The van der Waals surface area contributed by atoms with E-state index in [2.05, 4.69) is 10.4 Å². The molecule has 0 unspecified atom stereocenters. The molecule has 0 spiro atoms. The first-order valence-corrected chi connectivity index (χ1v) is 7.85. The van der Waals surface area contributed by atoms with Gasteiger partial charge >= 0.3 is 110 Å². The summed E-state index contributed by atoms with van der Waals surface area (Å²) in [6.45, 7) is 1.06. The Morgan fingerprint density at radius 1 is 1.29 bits per heavy atom. The van der Waals surface area contributed by atoms with Gasteiger partial charge in [0.15, 0.2) is 0 Å². The van der Waals surface area contributed by atoms with Gasteiger partial charge in [-0.15, -0.1) is 0 Å². The molecule has 3 rings (SSSR count). The Morgan fingerprint density at radius 2 is 2.12 bits per heavy atom. The van der Waals surface area contributed by atoms with Gasteiger partial charge < -0.3 is 0 Å². The van der Waals surface area contributed by atoms with Gasteiger partial charge in [-0.3, -0.25) is 0 Å². The average Bonchev–Trinajstić information content (AvgIpc) is 2.39. The van der Waals surface area contributed by atoms with Crippen LogP contribution in [-0.2, 0) is 0 Å². The molecule has 2 aliphatic rings. The SMILES string of the molecule is Fc1ccc(N2N=C[I-]C3=C2CCCN3)cc1. The molecule has 2 heterocycles. The van der Waals surface area contributed by atoms with Gasteiger partial charge in [-0.05, 0) is 0 Å². The quantitative estimate of drug-likeness (QED) is 0.535. The predicted molar refractivity (Wildman–Crippen MR) is 61.6 cm³/mol. The topological polar surface area (TPSA) is 27.6 Å². The molecule has 2 aliphatic heterocycles. The Kier molecular flexibility index (Phi) is 3.00. The number of anilines is 1. The average molecular weight is 344 g/mol. The van der Waals surface area contributed by atoms with Crippen molar-refractivity contribution in [3.63, 3.8) is 0 Å². The maximum absolute atomic E-state index is 12.9. The van der Waals surface area contributed by atoms with Crippen LogP contribution in [0.25, 0.3) is 0 Å². The van der Waals surface area contributed by atoms with Crippen molar-refractivity contribution in [1.29, 1.82) is 0 Å². The van der Waals surface area contributed by atoms with Crippen molar-refractivity contribution in [2.24, 2.45) is 5.10 Å². The maximum atomic E-state index is 12.9. The summed E-state index contributed by atoms with van der Waals surface area (Å²) in [5.41, 5.74) is 2.20. The standard InChI is InChI=1S/C12H12FIN3/c13-9-3-5-10(6-4-9)17-11-2-1-7-15-12(11)14-8-16-17/h3-6,8,15H,1-2,7H2/q-1. The van der Waals surface area contributed by atoms with Crippen molar-refractivity contribution >= 4 is 9.91 Å². The van der Waals surface area contributed by atoms with Crippen LogP contribution >= 0.6 is 0 Å². The normalized spacial score (nSPS) is 19.5. The van der Waals surface area contributed by atoms with E-state index in [-0.39, 0.29) is 27.0 Å². The van der Waals surface area contributed by atoms with Crippen LogP contribution in [0.15, 0.2) is 38.8 Å². The molecule has 0 aromatic heterocycles. The van der Waals surface area contributed by atoms with Gasteiger partial charge in [-0.1, -0.05) is 0 Å². The van der Waals surface area contributed by atoms with E-state index in [9.17, 15) is 4.39 Å². The van der Waals surface area contributed by atoms with Gasteiger partial charge in [0.1, 0.15) is 0 Å². The predicted octanol–water partition coefficient (Wildman–Crippen LogP) is -0.769. The number of hydrazone groups is 1. The molecule has 0 aliphatic carbocycles. The van der Waals surface area contributed by atoms with Gasteiger partial charge in [0.05, 0.1) is 0 Å². The fourth-order valence-electron chi connectivity index (χ4n) is 1.95. The molecule has 90 valence electrons. The third kappa shape index (κ3) is 2.15. The van der Waals surface area contributed by atoms with Crippen LogP contribution in [0.1, 0.15) is 12.8 Å². The van der Waals surface area contributed by atoms with Crippen molar-refractivity contribution < 1.29 is 25.6 Å². The van der Waals surface area contributed by atoms with Crippen LogP contribution in [0.3, 0.4) is 0 Å². The zero-order chi connectivity index (χ0) is 11.7. The van der Waals surface area contributed by atoms with E-state index in [1.165, 1.54) is 21.5 Å². The Morgan fingerprint density at radius 3 is 2.94 bits per heavy atom. The molecule has 0 amide bonds. The van der Waals surface area contributed by atoms with E-state index >= 15 is 0 Å². The molecule has 1 aromatic rings. The number of nitrogens with zero attached hydrogens (tertiary/aromatic N) is 2. The summed E-state index contributed by atoms with van der Waals surface area (Å²) in [5, 5.41) is 9.84. The van der Waals surface area contributed by atoms with E-state index in [0.717, 1.165) is 25.1 Å². The van der Waals surface area contributed by atoms with Crippen molar-refractivity contribution in [2.45, 2.75) is 12.8 Å². The summed E-state index contributed by atoms with van der Waals surface area (Å²) in [4.78, 5) is 0. The minimum absolute atomic E-state index is 0.111. The molecule has 1 N–H and O–H groups in total. The zero-order valence-electron chi connectivity index (χ0n) is 9.16. The van der Waals surface area contributed by atoms with Crippen molar-refractivity contribution in [1.82, 2.24) is 5.32 Å². The third-order valence-electron chi connectivity index (χ3n) is 2.77. The number of allylic oxidation sites excluding steroid dienone is 1. The molecule has 0 bridgehead atoms. The summed E-state index contributed by atoms with van der Waals surface area (Å²) in [6.07, 6.45) is 2.19. The van der Waals surface area contributed by atoms with Gasteiger partial charge in [0.25, 0.3) is 0 Å². The van der Waals surface area contributed by atoms with Crippen molar-refractivity contribution in [2.75, 3.05) is 11.6 Å². The van der Waals surface area contributed by atoms with E-state index in [1.807, 2.05) is 9.23 Å². The molecule has 0 atom stereocenters. The van der Waals surface area contributed by atoms with Gasteiger partial charge in [0.2, 0.25) is 0 Å². The molecule has 0 radical (unpaired) electrons. The fourth-order valence-corrected chi connectivity index (χ4v) is 3.95. The van der Waals surface area contributed by atoms with Crippen LogP contribution in [-0.4, -0.2) is 10.8 Å². The first-order valence-electron chi connectivity index (χ1n) is 5.53. The second-order valence-electron chi connectivity index (χ2n) is 3.90. The molecule has 17 heavy (non-hydrogen) atoms. The van der Waals surface area contributed by atoms with Crippen LogP contribution in [0.2, 0.25) is 0 Å². The number of hydrogen-bond donors (Lipinski definition) is 1. The number of nitrogens with one attached hydrogen (secondary N) is 1. The van der Waals surface area contributed by atoms with Gasteiger partial charge in [0, 0.05) is 0 Å². The fraction of sp³-hybridized carbons (Fsp3) is 0.250. The number of hydrogen-bond acceptors (Lipinski definition) is 3. The molecule has 0 saturated carbocycles. The molecule has 0 saturated heterocycles. The molecule has 0 fully saturated rings. The van der Waals surface area contributed by atoms with Crippen LogP contribution in [0, 0.1) is 5.82 Å². The zero-order valence-corrected chi connectivity index (χ0v) is 11.3. The first-order chi connectivity index (χ1) is 8.34. The van der Waals surface area contributed by atoms with E-state index in [4.69, 9.17) is 0 Å². The molecule has 5 heteroatoms. The van der Waals surface area contributed by atoms with Gasteiger partial charge in [-0.2, -0.15) is 0 Å². The summed E-state index contributed by atoms with van der Waals surface area (Å²) < 4.78 is 16.3. The van der Waals surface area contributed by atoms with Crippen LogP contribution in [0.4, 0.5) is 10.1 Å². The molecular weight excluding hydrogens is 332 g/mol. The second kappa shape index (κ2) is 4.64. The Labute approximate surface area is 110 Å². The van der Waals surface area contributed by atoms with E-state index in [1.54, 1.807) is 12.1 Å². The minimum atomic E-state index is -0.210. The number of halogens is 2. The molecular formula is C12H12FIN3-. The number of rotatable bonds is 1. The summed E-state index contributed by atoms with van der Waals surface area (Å²) in [7, 11) is 0. The summed E-state index contributed by atoms with van der Waals surface area (Å²) >= 11 is -0.111. The summed E-state index contributed by atoms with van der Waals surface area (Å²) in [5.74, 6) is -0.210. The monoisotopic (exact) mass is 344 g/mol. The Balaban J connectivity index is 1.96. The Hall–Kier alpha value is -1.11.